The number of hydrogen-bond donors (Lipinski definition) is 0. The molecule has 0 unspecified atom stereocenters. The fraction of sp³-hybridized carbons (Fsp3) is 0.143. The van der Waals surface area contributed by atoms with Gasteiger partial charge in [-0.15, -0.1) is 0 Å². The summed E-state index contributed by atoms with van der Waals surface area (Å²) in [7, 11) is -1.59. The van der Waals surface area contributed by atoms with Crippen LogP contribution in [0.3, 0.4) is 0 Å². The molecule has 0 radical (unpaired) electrons. The lowest BCUT2D eigenvalue weighted by atomic mass is 10.3. The Morgan fingerprint density at radius 2 is 0.926 bits per heavy atom. The number of rotatable bonds is 5. The Kier molecular flexibility index (Phi) is 8.09. The van der Waals surface area contributed by atoms with Crippen molar-refractivity contribution in [2.45, 2.75) is 12.6 Å². The third-order valence-corrected chi connectivity index (χ3v) is 8.76. The predicted octanol–water partition coefficient (Wildman–Crippen LogP) is 4.44. The molecule has 0 heterocycles. The molecule has 3 rings (SSSR count). The molecule has 0 aliphatic heterocycles. The van der Waals surface area contributed by atoms with Crippen molar-refractivity contribution >= 4 is 43.8 Å². The van der Waals surface area contributed by atoms with Gasteiger partial charge in [0.15, 0.2) is 0 Å². The summed E-state index contributed by atoms with van der Waals surface area (Å²) in [6.45, 7) is 0. The molecule has 0 atom stereocenters. The first-order valence-corrected chi connectivity index (χ1v) is 13.5. The van der Waals surface area contributed by atoms with Crippen LogP contribution in [0.2, 0.25) is 0 Å². The molecule has 142 valence electrons. The van der Waals surface area contributed by atoms with Crippen molar-refractivity contribution in [3.63, 3.8) is 0 Å². The molecule has 0 saturated heterocycles. The van der Waals surface area contributed by atoms with Crippen LogP contribution in [0.4, 0.5) is 13.2 Å². The SMILES string of the molecule is FC(F)(F)CC[P+](c1ccccc1)(c1ccccc1)c1ccccc1.[SiH3]Cl. The number of hydrogen-bond acceptors (Lipinski definition) is 0. The minimum absolute atomic E-state index is 0.0779. The van der Waals surface area contributed by atoms with Crippen molar-refractivity contribution in [1.29, 1.82) is 0 Å². The van der Waals surface area contributed by atoms with E-state index >= 15 is 0 Å². The van der Waals surface area contributed by atoms with Crippen LogP contribution in [-0.2, 0) is 0 Å². The second-order valence-corrected chi connectivity index (χ2v) is 9.52. The highest BCUT2D eigenvalue weighted by molar-refractivity contribution is 7.95. The maximum atomic E-state index is 13.2. The number of alkyl halides is 3. The summed E-state index contributed by atoms with van der Waals surface area (Å²) < 4.78 is 39.5. The standard InChI is InChI=1S/C21H19F3P.ClH3Si/c22-21(23,24)16-17-25(18-10-4-1-5-11-18,19-12-6-2-7-13-19)20-14-8-3-9-15-20;1-2/h1-15H,16-17H2;2H3/q+1;. The summed E-state index contributed by atoms with van der Waals surface area (Å²) in [5.74, 6) is 0. The van der Waals surface area contributed by atoms with E-state index in [0.29, 0.717) is 0 Å². The van der Waals surface area contributed by atoms with E-state index in [1.807, 2.05) is 91.0 Å². The van der Waals surface area contributed by atoms with Gasteiger partial charge in [-0.1, -0.05) is 54.6 Å². The Bertz CT molecular complexity index is 699. The van der Waals surface area contributed by atoms with Gasteiger partial charge in [0, 0.05) is 0 Å². The van der Waals surface area contributed by atoms with Crippen LogP contribution >= 0.6 is 18.3 Å². The summed E-state index contributed by atoms with van der Waals surface area (Å²) in [5.41, 5.74) is 0. The number of benzene rings is 3. The molecule has 0 aliphatic rings. The van der Waals surface area contributed by atoms with E-state index < -0.39 is 19.9 Å². The van der Waals surface area contributed by atoms with Crippen LogP contribution in [0, 0.1) is 0 Å². The second-order valence-electron chi connectivity index (χ2n) is 5.91. The Morgan fingerprint density at radius 1 is 0.630 bits per heavy atom. The highest BCUT2D eigenvalue weighted by Gasteiger charge is 2.47. The zero-order valence-corrected chi connectivity index (χ0v) is 18.7. The lowest BCUT2D eigenvalue weighted by molar-refractivity contribution is -0.129. The van der Waals surface area contributed by atoms with Gasteiger partial charge in [0.2, 0.25) is 0 Å². The smallest absolute Gasteiger partial charge is 0.181 e. The molecule has 0 bridgehead atoms. The van der Waals surface area contributed by atoms with Gasteiger partial charge in [0.05, 0.1) is 12.6 Å². The van der Waals surface area contributed by atoms with Crippen molar-refractivity contribution < 1.29 is 13.2 Å². The molecule has 0 amide bonds. The molecule has 0 nitrogen and oxygen atoms in total. The van der Waals surface area contributed by atoms with Crippen LogP contribution in [0.15, 0.2) is 91.0 Å². The molecule has 0 spiro atoms. The maximum absolute atomic E-state index is 13.2. The van der Waals surface area contributed by atoms with Gasteiger partial charge in [0.25, 0.3) is 0 Å². The minimum Gasteiger partial charge on any atom is -0.181 e. The molecule has 3 aromatic rings. The predicted molar refractivity (Wildman–Crippen MR) is 116 cm³/mol. The van der Waals surface area contributed by atoms with Gasteiger partial charge in [-0.3, -0.25) is 0 Å². The van der Waals surface area contributed by atoms with E-state index in [4.69, 9.17) is 11.1 Å². The Morgan fingerprint density at radius 3 is 1.19 bits per heavy atom. The zero-order valence-electron chi connectivity index (χ0n) is 15.0. The Balaban J connectivity index is 0.00000126. The molecule has 0 saturated carbocycles. The Labute approximate surface area is 166 Å². The molecule has 3 aromatic carbocycles. The molecular weight excluding hydrogens is 404 g/mol. The van der Waals surface area contributed by atoms with Gasteiger partial charge >= 0.3 is 6.18 Å². The normalized spacial score (nSPS) is 11.6. The van der Waals surface area contributed by atoms with Gasteiger partial charge in [-0.2, -0.15) is 24.3 Å². The third-order valence-electron chi connectivity index (χ3n) is 4.32. The average molecular weight is 426 g/mol. The molecular formula is C21H22ClF3PSi+. The molecule has 0 N–H and O–H groups in total. The first kappa shape index (κ1) is 21.7. The summed E-state index contributed by atoms with van der Waals surface area (Å²) >= 11 is 4.78. The van der Waals surface area contributed by atoms with Crippen LogP contribution in [0.1, 0.15) is 6.42 Å². The van der Waals surface area contributed by atoms with E-state index in [1.165, 1.54) is 0 Å². The topological polar surface area (TPSA) is 0 Å². The highest BCUT2D eigenvalue weighted by atomic mass is 35.6. The fourth-order valence-corrected chi connectivity index (χ4v) is 7.48. The molecule has 0 fully saturated rings. The number of halogens is 4. The van der Waals surface area contributed by atoms with Gasteiger partial charge < -0.3 is 0 Å². The van der Waals surface area contributed by atoms with Gasteiger partial charge in [-0.25, -0.2) is 0 Å². The molecule has 27 heavy (non-hydrogen) atoms. The van der Waals surface area contributed by atoms with Gasteiger partial charge in [-0.05, 0) is 36.4 Å². The summed E-state index contributed by atoms with van der Waals surface area (Å²) in [4.78, 5) is 0. The van der Waals surface area contributed by atoms with Crippen LogP contribution in [-0.4, -0.2) is 21.9 Å². The van der Waals surface area contributed by atoms with Crippen molar-refractivity contribution in [3.05, 3.63) is 91.0 Å². The average Bonchev–Trinajstić information content (AvgIpc) is 2.72. The van der Waals surface area contributed by atoms with E-state index in [0.717, 1.165) is 25.5 Å². The van der Waals surface area contributed by atoms with Crippen molar-refractivity contribution in [1.82, 2.24) is 0 Å². The van der Waals surface area contributed by atoms with Crippen LogP contribution < -0.4 is 15.9 Å². The summed E-state index contributed by atoms with van der Waals surface area (Å²) in [6, 6.07) is 28.9. The molecule has 0 aromatic heterocycles. The quantitative estimate of drug-likeness (QED) is 0.322. The largest absolute Gasteiger partial charge is 0.392 e. The Hall–Kier alpha value is -1.61. The van der Waals surface area contributed by atoms with E-state index in [-0.39, 0.29) is 6.16 Å². The lowest BCUT2D eigenvalue weighted by Gasteiger charge is -2.28. The van der Waals surface area contributed by atoms with E-state index in [1.54, 1.807) is 0 Å². The molecule has 0 aliphatic carbocycles. The van der Waals surface area contributed by atoms with E-state index in [9.17, 15) is 13.2 Å². The van der Waals surface area contributed by atoms with Gasteiger partial charge in [0.1, 0.15) is 32.7 Å². The highest BCUT2D eigenvalue weighted by Crippen LogP contribution is 2.56. The van der Waals surface area contributed by atoms with E-state index in [2.05, 4.69) is 0 Å². The lowest BCUT2D eigenvalue weighted by Crippen LogP contribution is -2.34. The summed E-state index contributed by atoms with van der Waals surface area (Å²) in [5, 5.41) is 2.95. The second kappa shape index (κ2) is 10.1. The molecule has 6 heteroatoms. The maximum Gasteiger partial charge on any atom is 0.392 e. The monoisotopic (exact) mass is 425 g/mol. The fourth-order valence-electron chi connectivity index (χ4n) is 3.18. The van der Waals surface area contributed by atoms with Crippen molar-refractivity contribution in [3.8, 4) is 0 Å². The minimum atomic E-state index is -4.18. The summed E-state index contributed by atoms with van der Waals surface area (Å²) in [6.07, 6.45) is -4.89. The van der Waals surface area contributed by atoms with Crippen molar-refractivity contribution in [2.24, 2.45) is 0 Å². The zero-order chi connectivity index (χ0) is 19.8. The van der Waals surface area contributed by atoms with Crippen LogP contribution in [0.25, 0.3) is 0 Å². The van der Waals surface area contributed by atoms with Crippen molar-refractivity contribution in [2.75, 3.05) is 6.16 Å². The first-order chi connectivity index (χ1) is 13.0. The first-order valence-electron chi connectivity index (χ1n) is 8.52. The third kappa shape index (κ3) is 5.44. The van der Waals surface area contributed by atoms with Crippen LogP contribution in [0.5, 0.6) is 0 Å².